The lowest BCUT2D eigenvalue weighted by atomic mass is 10.2. The molecule has 1 aliphatic rings. The summed E-state index contributed by atoms with van der Waals surface area (Å²) < 4.78 is 3.29. The molecule has 9 nitrogen and oxygen atoms in total. The van der Waals surface area contributed by atoms with Crippen LogP contribution in [0, 0.1) is 6.92 Å². The number of nitrogens with zero attached hydrogens (tertiary/aromatic N) is 6. The van der Waals surface area contributed by atoms with Gasteiger partial charge in [-0.25, -0.2) is 4.99 Å². The fourth-order valence-corrected chi connectivity index (χ4v) is 3.49. The van der Waals surface area contributed by atoms with Crippen LogP contribution in [-0.2, 0) is 23.7 Å². The zero-order valence-corrected chi connectivity index (χ0v) is 16.7. The minimum Gasteiger partial charge on any atom is -0.352 e. The minimum atomic E-state index is -0.269. The molecule has 3 rings (SSSR count). The molecule has 0 saturated carbocycles. The Morgan fingerprint density at radius 3 is 2.71 bits per heavy atom. The molecule has 10 heteroatoms. The van der Waals surface area contributed by atoms with Gasteiger partial charge in [0.15, 0.2) is 5.17 Å². The summed E-state index contributed by atoms with van der Waals surface area (Å²) in [7, 11) is 3.59. The van der Waals surface area contributed by atoms with Crippen molar-refractivity contribution in [3.8, 4) is 0 Å². The van der Waals surface area contributed by atoms with Gasteiger partial charge in [0, 0.05) is 38.6 Å². The number of aromatic nitrogens is 4. The Labute approximate surface area is 166 Å². The summed E-state index contributed by atoms with van der Waals surface area (Å²) in [4.78, 5) is 31.0. The van der Waals surface area contributed by atoms with Crippen molar-refractivity contribution < 1.29 is 9.59 Å². The molecule has 0 radical (unpaired) electrons. The van der Waals surface area contributed by atoms with Gasteiger partial charge in [-0.2, -0.15) is 10.2 Å². The van der Waals surface area contributed by atoms with Gasteiger partial charge in [-0.15, -0.1) is 6.58 Å². The maximum atomic E-state index is 13.1. The van der Waals surface area contributed by atoms with Crippen LogP contribution < -0.4 is 10.2 Å². The topological polar surface area (TPSA) is 97.4 Å². The molecule has 0 saturated heterocycles. The van der Waals surface area contributed by atoms with Crippen LogP contribution in [0.4, 0.5) is 5.69 Å². The van der Waals surface area contributed by atoms with E-state index >= 15 is 0 Å². The van der Waals surface area contributed by atoms with Crippen LogP contribution in [-0.4, -0.2) is 48.8 Å². The van der Waals surface area contributed by atoms with Gasteiger partial charge in [-0.1, -0.05) is 17.8 Å². The third-order valence-corrected chi connectivity index (χ3v) is 4.80. The van der Waals surface area contributed by atoms with Crippen molar-refractivity contribution in [2.45, 2.75) is 6.92 Å². The van der Waals surface area contributed by atoms with Crippen LogP contribution in [0.2, 0.25) is 0 Å². The highest BCUT2D eigenvalue weighted by molar-refractivity contribution is 8.14. The average Bonchev–Trinajstić information content (AvgIpc) is 3.29. The molecule has 1 N–H and O–H groups in total. The predicted octanol–water partition coefficient (Wildman–Crippen LogP) is 1.24. The van der Waals surface area contributed by atoms with E-state index in [1.807, 2.05) is 6.92 Å². The van der Waals surface area contributed by atoms with E-state index in [1.54, 1.807) is 54.2 Å². The van der Waals surface area contributed by atoms with Crippen LogP contribution in [0.5, 0.6) is 0 Å². The molecule has 0 aliphatic carbocycles. The summed E-state index contributed by atoms with van der Waals surface area (Å²) in [6, 6.07) is 0. The molecular weight excluding hydrogens is 378 g/mol. The molecule has 2 amide bonds. The number of carbonyl (C=O) groups excluding carboxylic acids is 2. The van der Waals surface area contributed by atoms with Crippen molar-refractivity contribution in [2.24, 2.45) is 19.1 Å². The first-order valence-corrected chi connectivity index (χ1v) is 9.51. The van der Waals surface area contributed by atoms with E-state index in [1.165, 1.54) is 16.7 Å². The van der Waals surface area contributed by atoms with Crippen LogP contribution in [0.3, 0.4) is 0 Å². The van der Waals surface area contributed by atoms with E-state index in [0.717, 1.165) is 5.56 Å². The Bertz CT molecular complexity index is 986. The molecule has 0 bridgehead atoms. The number of carbonyl (C=O) groups is 2. The van der Waals surface area contributed by atoms with Gasteiger partial charge >= 0.3 is 0 Å². The monoisotopic (exact) mass is 399 g/mol. The number of rotatable bonds is 6. The highest BCUT2D eigenvalue weighted by atomic mass is 32.2. The quantitative estimate of drug-likeness (QED) is 0.582. The third kappa shape index (κ3) is 4.22. The molecule has 0 atom stereocenters. The fourth-order valence-electron chi connectivity index (χ4n) is 2.65. The summed E-state index contributed by atoms with van der Waals surface area (Å²) >= 11 is 1.20. The van der Waals surface area contributed by atoms with E-state index in [2.05, 4.69) is 27.1 Å². The lowest BCUT2D eigenvalue weighted by molar-refractivity contribution is -0.118. The summed E-state index contributed by atoms with van der Waals surface area (Å²) in [5.74, 6) is -0.294. The van der Waals surface area contributed by atoms with Crippen molar-refractivity contribution >= 4 is 40.5 Å². The molecule has 2 aromatic heterocycles. The molecular formula is C18H21N7O2S. The van der Waals surface area contributed by atoms with Crippen molar-refractivity contribution in [3.63, 3.8) is 0 Å². The van der Waals surface area contributed by atoms with Crippen molar-refractivity contribution in [3.05, 3.63) is 48.2 Å². The van der Waals surface area contributed by atoms with E-state index < -0.39 is 0 Å². The lowest BCUT2D eigenvalue weighted by Crippen LogP contribution is -2.32. The molecule has 0 spiro atoms. The van der Waals surface area contributed by atoms with Crippen LogP contribution >= 0.6 is 11.8 Å². The number of nitrogens with one attached hydrogen (secondary N) is 1. The predicted molar refractivity (Wildman–Crippen MR) is 110 cm³/mol. The van der Waals surface area contributed by atoms with Gasteiger partial charge in [-0.05, 0) is 13.0 Å². The molecule has 0 unspecified atom stereocenters. The van der Waals surface area contributed by atoms with Crippen LogP contribution in [0.1, 0.15) is 11.3 Å². The Morgan fingerprint density at radius 2 is 2.11 bits per heavy atom. The molecule has 146 valence electrons. The number of anilines is 1. The van der Waals surface area contributed by atoms with Gasteiger partial charge in [0.1, 0.15) is 5.70 Å². The Balaban J connectivity index is 1.90. The second-order valence-corrected chi connectivity index (χ2v) is 7.11. The first-order chi connectivity index (χ1) is 13.4. The van der Waals surface area contributed by atoms with Crippen LogP contribution in [0.15, 0.2) is 41.9 Å². The van der Waals surface area contributed by atoms with Crippen molar-refractivity contribution in [2.75, 3.05) is 17.2 Å². The summed E-state index contributed by atoms with van der Waals surface area (Å²) in [6.07, 6.45) is 8.50. The van der Waals surface area contributed by atoms with Crippen molar-refractivity contribution in [1.29, 1.82) is 0 Å². The largest absolute Gasteiger partial charge is 0.352 e. The first-order valence-electron chi connectivity index (χ1n) is 8.53. The second-order valence-electron chi connectivity index (χ2n) is 6.17. The molecule has 1 aliphatic heterocycles. The molecule has 28 heavy (non-hydrogen) atoms. The summed E-state index contributed by atoms with van der Waals surface area (Å²) in [6.45, 7) is 5.79. The van der Waals surface area contributed by atoms with Crippen LogP contribution in [0.25, 0.3) is 6.08 Å². The highest BCUT2D eigenvalue weighted by Crippen LogP contribution is 2.30. The van der Waals surface area contributed by atoms with Gasteiger partial charge in [0.25, 0.3) is 5.91 Å². The van der Waals surface area contributed by atoms with E-state index in [9.17, 15) is 9.59 Å². The van der Waals surface area contributed by atoms with Crippen molar-refractivity contribution in [1.82, 2.24) is 24.9 Å². The number of amidine groups is 1. The van der Waals surface area contributed by atoms with Gasteiger partial charge in [0.2, 0.25) is 5.91 Å². The van der Waals surface area contributed by atoms with E-state index in [-0.39, 0.29) is 23.3 Å². The zero-order chi connectivity index (χ0) is 20.3. The molecule has 0 aromatic carbocycles. The Morgan fingerprint density at radius 1 is 1.32 bits per heavy atom. The number of hydrogen-bond donors (Lipinski definition) is 1. The minimum absolute atomic E-state index is 0.135. The zero-order valence-electron chi connectivity index (χ0n) is 15.9. The first kappa shape index (κ1) is 19.6. The smallest absolute Gasteiger partial charge is 0.283 e. The fraction of sp³-hybridized carbons (Fsp3) is 0.278. The summed E-state index contributed by atoms with van der Waals surface area (Å²) in [5.41, 5.74) is 2.39. The maximum Gasteiger partial charge on any atom is 0.283 e. The lowest BCUT2D eigenvalue weighted by Gasteiger charge is -2.16. The van der Waals surface area contributed by atoms with E-state index in [4.69, 9.17) is 0 Å². The number of hydrogen-bond acceptors (Lipinski definition) is 6. The number of amides is 2. The molecule has 0 fully saturated rings. The Hall–Kier alpha value is -3.14. The average molecular weight is 399 g/mol. The highest BCUT2D eigenvalue weighted by Gasteiger charge is 2.34. The Kier molecular flexibility index (Phi) is 5.78. The van der Waals surface area contributed by atoms with Gasteiger partial charge in [-0.3, -0.25) is 23.9 Å². The normalized spacial score (nSPS) is 15.2. The second kappa shape index (κ2) is 8.26. The third-order valence-electron chi connectivity index (χ3n) is 3.86. The standard InChI is InChI=1S/C18H21N7O2S/c1-5-6-19-16(26)11-28-18-21-14(7-13-8-20-23(3)9-13)17(27)25(18)15-10-24(4)22-12(15)2/h5,7-10H,1,6,11H2,2-4H3,(H,19,26)/b14-7+. The maximum absolute atomic E-state index is 13.1. The summed E-state index contributed by atoms with van der Waals surface area (Å²) in [5, 5.41) is 11.6. The number of aliphatic imine (C=N–C) groups is 1. The van der Waals surface area contributed by atoms with Gasteiger partial charge < -0.3 is 5.32 Å². The number of aryl methyl sites for hydroxylation is 3. The SMILES string of the molecule is C=CCNC(=O)CSC1=N/C(=C/c2cnn(C)c2)C(=O)N1c1cn(C)nc1C. The molecule has 2 aromatic rings. The van der Waals surface area contributed by atoms with Gasteiger partial charge in [0.05, 0.1) is 23.3 Å². The molecule has 3 heterocycles. The van der Waals surface area contributed by atoms with E-state index in [0.29, 0.717) is 23.1 Å². The number of thioether (sulfide) groups is 1.